The van der Waals surface area contributed by atoms with E-state index in [0.29, 0.717) is 11.6 Å². The third kappa shape index (κ3) is 2.70. The number of rotatable bonds is 2. The quantitative estimate of drug-likeness (QED) is 0.815. The summed E-state index contributed by atoms with van der Waals surface area (Å²) in [4.78, 5) is 10.6. The van der Waals surface area contributed by atoms with Gasteiger partial charge in [0.15, 0.2) is 0 Å². The van der Waals surface area contributed by atoms with Crippen LogP contribution in [0.25, 0.3) is 0 Å². The molecule has 1 aliphatic rings. The minimum Gasteiger partial charge on any atom is -0.478 e. The fourth-order valence-electron chi connectivity index (χ4n) is 1.83. The van der Waals surface area contributed by atoms with Crippen molar-refractivity contribution in [3.8, 4) is 0 Å². The van der Waals surface area contributed by atoms with Gasteiger partial charge in [0, 0.05) is 6.04 Å². The van der Waals surface area contributed by atoms with Crippen molar-refractivity contribution < 1.29 is 9.90 Å². The largest absolute Gasteiger partial charge is 0.478 e. The van der Waals surface area contributed by atoms with Crippen molar-refractivity contribution >= 4 is 18.4 Å². The number of benzene rings is 1. The standard InChI is InChI=1S/C11H13NO2.ClH/c13-11(14)9-5-3-8(4-6-9)10-2-1-7-12-10;/h3-6,10,12H,1-2,7H2,(H,13,14);1H. The number of hydrogen-bond acceptors (Lipinski definition) is 2. The van der Waals surface area contributed by atoms with Gasteiger partial charge in [0.2, 0.25) is 0 Å². The van der Waals surface area contributed by atoms with Gasteiger partial charge in [0.1, 0.15) is 0 Å². The highest BCUT2D eigenvalue weighted by Gasteiger charge is 2.15. The van der Waals surface area contributed by atoms with Crippen LogP contribution in [0.2, 0.25) is 0 Å². The van der Waals surface area contributed by atoms with E-state index in [0.717, 1.165) is 13.0 Å². The first kappa shape index (κ1) is 12.0. The number of carboxylic acid groups (broad SMARTS) is 1. The Labute approximate surface area is 94.9 Å². The maximum Gasteiger partial charge on any atom is 0.335 e. The molecule has 1 fully saturated rings. The molecule has 3 nitrogen and oxygen atoms in total. The van der Waals surface area contributed by atoms with E-state index in [2.05, 4.69) is 5.32 Å². The second kappa shape index (κ2) is 5.14. The number of halogens is 1. The topological polar surface area (TPSA) is 49.3 Å². The molecule has 1 aromatic carbocycles. The van der Waals surface area contributed by atoms with Crippen LogP contribution in [0, 0.1) is 0 Å². The van der Waals surface area contributed by atoms with Gasteiger partial charge < -0.3 is 10.4 Å². The van der Waals surface area contributed by atoms with Gasteiger partial charge in [-0.1, -0.05) is 12.1 Å². The van der Waals surface area contributed by atoms with Crippen molar-refractivity contribution in [1.29, 1.82) is 0 Å². The Hall–Kier alpha value is -1.06. The molecule has 1 heterocycles. The molecule has 4 heteroatoms. The second-order valence-electron chi connectivity index (χ2n) is 3.58. The summed E-state index contributed by atoms with van der Waals surface area (Å²) in [5.41, 5.74) is 1.54. The molecule has 0 aliphatic carbocycles. The Morgan fingerprint density at radius 2 is 2.00 bits per heavy atom. The van der Waals surface area contributed by atoms with Crippen LogP contribution in [0.1, 0.15) is 34.8 Å². The summed E-state index contributed by atoms with van der Waals surface area (Å²) in [5, 5.41) is 12.1. The minimum absolute atomic E-state index is 0. The molecule has 82 valence electrons. The fraction of sp³-hybridized carbons (Fsp3) is 0.364. The zero-order valence-electron chi connectivity index (χ0n) is 8.27. The highest BCUT2D eigenvalue weighted by molar-refractivity contribution is 5.87. The molecule has 0 amide bonds. The number of nitrogens with one attached hydrogen (secondary N) is 1. The zero-order valence-corrected chi connectivity index (χ0v) is 9.09. The van der Waals surface area contributed by atoms with E-state index in [9.17, 15) is 4.79 Å². The molecule has 1 saturated heterocycles. The third-order valence-corrected chi connectivity index (χ3v) is 2.62. The maximum absolute atomic E-state index is 10.6. The molecular weight excluding hydrogens is 214 g/mol. The number of carbonyl (C=O) groups is 1. The van der Waals surface area contributed by atoms with E-state index in [1.54, 1.807) is 12.1 Å². The fourth-order valence-corrected chi connectivity index (χ4v) is 1.83. The maximum atomic E-state index is 10.6. The van der Waals surface area contributed by atoms with Crippen LogP contribution < -0.4 is 5.32 Å². The monoisotopic (exact) mass is 227 g/mol. The van der Waals surface area contributed by atoms with Crippen LogP contribution in [0.3, 0.4) is 0 Å². The highest BCUT2D eigenvalue weighted by atomic mass is 35.5. The normalized spacial score (nSPS) is 19.6. The van der Waals surface area contributed by atoms with Crippen LogP contribution in [0.15, 0.2) is 24.3 Å². The van der Waals surface area contributed by atoms with E-state index < -0.39 is 5.97 Å². The molecular formula is C11H14ClNO2. The average Bonchev–Trinajstić information content (AvgIpc) is 2.71. The van der Waals surface area contributed by atoms with Gasteiger partial charge in [-0.2, -0.15) is 0 Å². The molecule has 1 atom stereocenters. The van der Waals surface area contributed by atoms with Gasteiger partial charge in [-0.05, 0) is 37.1 Å². The van der Waals surface area contributed by atoms with Gasteiger partial charge >= 0.3 is 5.97 Å². The number of carboxylic acids is 1. The Kier molecular flexibility index (Phi) is 4.12. The highest BCUT2D eigenvalue weighted by Crippen LogP contribution is 2.22. The molecule has 0 saturated carbocycles. The SMILES string of the molecule is Cl.O=C(O)c1ccc(C2CCCN2)cc1. The predicted molar refractivity (Wildman–Crippen MR) is 60.6 cm³/mol. The van der Waals surface area contributed by atoms with Crippen LogP contribution in [-0.2, 0) is 0 Å². The molecule has 0 bridgehead atoms. The second-order valence-corrected chi connectivity index (χ2v) is 3.58. The molecule has 2 N–H and O–H groups in total. The van der Waals surface area contributed by atoms with Crippen molar-refractivity contribution in [2.24, 2.45) is 0 Å². The Balaban J connectivity index is 0.00000112. The smallest absolute Gasteiger partial charge is 0.335 e. The van der Waals surface area contributed by atoms with Gasteiger partial charge in [-0.3, -0.25) is 0 Å². The van der Waals surface area contributed by atoms with Gasteiger partial charge in [-0.25, -0.2) is 4.79 Å². The molecule has 1 aliphatic heterocycles. The van der Waals surface area contributed by atoms with Crippen molar-refractivity contribution in [3.05, 3.63) is 35.4 Å². The molecule has 1 aromatic rings. The molecule has 15 heavy (non-hydrogen) atoms. The van der Waals surface area contributed by atoms with Crippen molar-refractivity contribution in [2.45, 2.75) is 18.9 Å². The van der Waals surface area contributed by atoms with Gasteiger partial charge in [0.05, 0.1) is 5.56 Å². The first-order valence-corrected chi connectivity index (χ1v) is 4.84. The van der Waals surface area contributed by atoms with Crippen molar-refractivity contribution in [3.63, 3.8) is 0 Å². The van der Waals surface area contributed by atoms with Crippen molar-refractivity contribution in [2.75, 3.05) is 6.54 Å². The Morgan fingerprint density at radius 3 is 2.47 bits per heavy atom. The number of hydrogen-bond donors (Lipinski definition) is 2. The lowest BCUT2D eigenvalue weighted by Crippen LogP contribution is -2.12. The van der Waals surface area contributed by atoms with Crippen LogP contribution >= 0.6 is 12.4 Å². The van der Waals surface area contributed by atoms with Crippen molar-refractivity contribution in [1.82, 2.24) is 5.32 Å². The average molecular weight is 228 g/mol. The third-order valence-electron chi connectivity index (χ3n) is 2.62. The number of aromatic carboxylic acids is 1. The molecule has 1 unspecified atom stereocenters. The summed E-state index contributed by atoms with van der Waals surface area (Å²) >= 11 is 0. The molecule has 0 spiro atoms. The summed E-state index contributed by atoms with van der Waals surface area (Å²) in [6.45, 7) is 1.06. The van der Waals surface area contributed by atoms with E-state index in [1.165, 1.54) is 12.0 Å². The van der Waals surface area contributed by atoms with E-state index >= 15 is 0 Å². The summed E-state index contributed by atoms with van der Waals surface area (Å²) in [6, 6.07) is 7.53. The van der Waals surface area contributed by atoms with Crippen LogP contribution in [-0.4, -0.2) is 17.6 Å². The first-order chi connectivity index (χ1) is 6.77. The summed E-state index contributed by atoms with van der Waals surface area (Å²) < 4.78 is 0. The van der Waals surface area contributed by atoms with E-state index in [4.69, 9.17) is 5.11 Å². The molecule has 0 aromatic heterocycles. The van der Waals surface area contributed by atoms with E-state index in [1.807, 2.05) is 12.1 Å². The minimum atomic E-state index is -0.865. The lowest BCUT2D eigenvalue weighted by Gasteiger charge is -2.10. The zero-order chi connectivity index (χ0) is 9.97. The lowest BCUT2D eigenvalue weighted by atomic mass is 10.0. The summed E-state index contributed by atoms with van der Waals surface area (Å²) in [7, 11) is 0. The van der Waals surface area contributed by atoms with Gasteiger partial charge in [0.25, 0.3) is 0 Å². The first-order valence-electron chi connectivity index (χ1n) is 4.84. The summed E-state index contributed by atoms with van der Waals surface area (Å²) in [6.07, 6.45) is 2.35. The predicted octanol–water partition coefficient (Wildman–Crippen LogP) is 2.23. The summed E-state index contributed by atoms with van der Waals surface area (Å²) in [5.74, 6) is -0.865. The van der Waals surface area contributed by atoms with E-state index in [-0.39, 0.29) is 12.4 Å². The van der Waals surface area contributed by atoms with Crippen LogP contribution in [0.5, 0.6) is 0 Å². The molecule has 0 radical (unpaired) electrons. The lowest BCUT2D eigenvalue weighted by molar-refractivity contribution is 0.0697. The van der Waals surface area contributed by atoms with Crippen LogP contribution in [0.4, 0.5) is 0 Å². The Morgan fingerprint density at radius 1 is 1.33 bits per heavy atom. The van der Waals surface area contributed by atoms with Gasteiger partial charge in [-0.15, -0.1) is 12.4 Å². The molecule has 2 rings (SSSR count). The Bertz CT molecular complexity index is 331.